The summed E-state index contributed by atoms with van der Waals surface area (Å²) in [6.45, 7) is 0. The highest BCUT2D eigenvalue weighted by Gasteiger charge is 2.06. The van der Waals surface area contributed by atoms with Crippen molar-refractivity contribution in [1.82, 2.24) is 9.97 Å². The van der Waals surface area contributed by atoms with Gasteiger partial charge in [-0.15, -0.1) is 0 Å². The number of aromatic nitrogens is 2. The molecule has 0 aliphatic heterocycles. The molecule has 0 saturated carbocycles. The molecule has 1 aromatic heterocycles. The molecular weight excluding hydrogens is 254 g/mol. The van der Waals surface area contributed by atoms with Crippen LogP contribution in [0, 0.1) is 11.3 Å². The molecule has 0 saturated heterocycles. The fourth-order valence-electron chi connectivity index (χ4n) is 1.27. The van der Waals surface area contributed by atoms with E-state index in [2.05, 4.69) is 9.97 Å². The van der Waals surface area contributed by atoms with Crippen molar-refractivity contribution < 1.29 is 0 Å². The molecule has 0 radical (unpaired) electrons. The van der Waals surface area contributed by atoms with Crippen LogP contribution >= 0.6 is 23.4 Å². The van der Waals surface area contributed by atoms with Gasteiger partial charge in [-0.3, -0.25) is 0 Å². The summed E-state index contributed by atoms with van der Waals surface area (Å²) in [5.74, 6) is 0.674. The fourth-order valence-corrected chi connectivity index (χ4v) is 2.47. The third kappa shape index (κ3) is 2.96. The number of rotatable bonds is 3. The van der Waals surface area contributed by atoms with Crippen molar-refractivity contribution in [2.75, 3.05) is 0 Å². The van der Waals surface area contributed by atoms with Crippen molar-refractivity contribution in [2.45, 2.75) is 10.8 Å². The second-order valence-electron chi connectivity index (χ2n) is 3.20. The van der Waals surface area contributed by atoms with Crippen LogP contribution in [0.2, 0.25) is 5.02 Å². The average molecular weight is 262 g/mol. The summed E-state index contributed by atoms with van der Waals surface area (Å²) in [4.78, 5) is 8.08. The van der Waals surface area contributed by atoms with Gasteiger partial charge in [0.25, 0.3) is 0 Å². The van der Waals surface area contributed by atoms with E-state index >= 15 is 0 Å². The topological polar surface area (TPSA) is 49.6 Å². The molecule has 0 N–H and O–H groups in total. The second-order valence-corrected chi connectivity index (χ2v) is 4.57. The zero-order chi connectivity index (χ0) is 12.1. The first kappa shape index (κ1) is 11.9. The molecule has 3 nitrogen and oxygen atoms in total. The first-order valence-corrected chi connectivity index (χ1v) is 6.25. The Labute approximate surface area is 108 Å². The standard InChI is InChI=1S/C12H8ClN3S/c13-10-4-2-1-3-9(10)8-17-12-11(7-14)15-5-6-16-12/h1-6H,8H2. The van der Waals surface area contributed by atoms with Crippen LogP contribution in [-0.4, -0.2) is 9.97 Å². The lowest BCUT2D eigenvalue weighted by Gasteiger charge is -2.03. The molecule has 0 unspecified atom stereocenters. The molecule has 1 aromatic carbocycles. The lowest BCUT2D eigenvalue weighted by atomic mass is 10.2. The van der Waals surface area contributed by atoms with Crippen LogP contribution in [0.25, 0.3) is 0 Å². The molecule has 0 aliphatic rings. The fraction of sp³-hybridized carbons (Fsp3) is 0.0833. The van der Waals surface area contributed by atoms with Crippen LogP contribution in [0.1, 0.15) is 11.3 Å². The van der Waals surface area contributed by atoms with Crippen LogP contribution in [0.15, 0.2) is 41.7 Å². The third-order valence-corrected chi connectivity index (χ3v) is 3.49. The SMILES string of the molecule is N#Cc1nccnc1SCc1ccccc1Cl. The Morgan fingerprint density at radius 3 is 2.76 bits per heavy atom. The van der Waals surface area contributed by atoms with Crippen molar-refractivity contribution in [2.24, 2.45) is 0 Å². The minimum Gasteiger partial charge on any atom is -0.245 e. The Morgan fingerprint density at radius 1 is 1.24 bits per heavy atom. The van der Waals surface area contributed by atoms with Gasteiger partial charge in [-0.1, -0.05) is 41.6 Å². The van der Waals surface area contributed by atoms with Gasteiger partial charge in [0.1, 0.15) is 11.1 Å². The molecule has 1 heterocycles. The van der Waals surface area contributed by atoms with Crippen LogP contribution < -0.4 is 0 Å². The third-order valence-electron chi connectivity index (χ3n) is 2.09. The van der Waals surface area contributed by atoms with Crippen LogP contribution in [0.3, 0.4) is 0 Å². The summed E-state index contributed by atoms with van der Waals surface area (Å²) in [7, 11) is 0. The van der Waals surface area contributed by atoms with E-state index in [1.807, 2.05) is 30.3 Å². The molecule has 17 heavy (non-hydrogen) atoms. The molecule has 2 rings (SSSR count). The first-order chi connectivity index (χ1) is 8.31. The number of benzene rings is 1. The van der Waals surface area contributed by atoms with Crippen molar-refractivity contribution in [3.05, 3.63) is 52.9 Å². The summed E-state index contributed by atoms with van der Waals surface area (Å²) in [5.41, 5.74) is 1.37. The molecule has 0 fully saturated rings. The van der Waals surface area contributed by atoms with E-state index in [4.69, 9.17) is 16.9 Å². The second kappa shape index (κ2) is 5.67. The smallest absolute Gasteiger partial charge is 0.172 e. The van der Waals surface area contributed by atoms with Gasteiger partial charge in [0.15, 0.2) is 5.69 Å². The number of halogens is 1. The maximum atomic E-state index is 8.88. The summed E-state index contributed by atoms with van der Waals surface area (Å²) in [6, 6.07) is 9.64. The first-order valence-electron chi connectivity index (χ1n) is 4.88. The lowest BCUT2D eigenvalue weighted by molar-refractivity contribution is 1.02. The number of thioether (sulfide) groups is 1. The number of nitriles is 1. The predicted octanol–water partition coefficient (Wildman–Crippen LogP) is 3.29. The minimum atomic E-state index is 0.351. The Hall–Kier alpha value is -1.57. The molecule has 84 valence electrons. The van der Waals surface area contributed by atoms with Gasteiger partial charge >= 0.3 is 0 Å². The number of hydrogen-bond acceptors (Lipinski definition) is 4. The monoisotopic (exact) mass is 261 g/mol. The number of hydrogen-bond donors (Lipinski definition) is 0. The van der Waals surface area contributed by atoms with E-state index in [1.165, 1.54) is 18.0 Å². The van der Waals surface area contributed by atoms with Gasteiger partial charge in [-0.2, -0.15) is 5.26 Å². The van der Waals surface area contributed by atoms with Crippen molar-refractivity contribution >= 4 is 23.4 Å². The maximum Gasteiger partial charge on any atom is 0.172 e. The maximum absolute atomic E-state index is 8.88. The van der Waals surface area contributed by atoms with E-state index in [0.717, 1.165) is 10.6 Å². The molecular formula is C12H8ClN3S. The molecule has 0 bridgehead atoms. The lowest BCUT2D eigenvalue weighted by Crippen LogP contribution is -1.91. The summed E-state index contributed by atoms with van der Waals surface area (Å²) in [6.07, 6.45) is 3.09. The molecule has 0 spiro atoms. The highest BCUT2D eigenvalue weighted by molar-refractivity contribution is 7.98. The van der Waals surface area contributed by atoms with Crippen LogP contribution in [-0.2, 0) is 5.75 Å². The Kier molecular flexibility index (Phi) is 3.97. The van der Waals surface area contributed by atoms with E-state index in [-0.39, 0.29) is 0 Å². The summed E-state index contributed by atoms with van der Waals surface area (Å²) >= 11 is 7.51. The van der Waals surface area contributed by atoms with Gasteiger partial charge in [0.2, 0.25) is 0 Å². The highest BCUT2D eigenvalue weighted by atomic mass is 35.5. The van der Waals surface area contributed by atoms with E-state index in [9.17, 15) is 0 Å². The van der Waals surface area contributed by atoms with Crippen LogP contribution in [0.5, 0.6) is 0 Å². The zero-order valence-electron chi connectivity index (χ0n) is 8.80. The van der Waals surface area contributed by atoms with Crippen LogP contribution in [0.4, 0.5) is 0 Å². The largest absolute Gasteiger partial charge is 0.245 e. The normalized spacial score (nSPS) is 9.88. The van der Waals surface area contributed by atoms with E-state index in [1.54, 1.807) is 6.20 Å². The molecule has 2 aromatic rings. The van der Waals surface area contributed by atoms with Crippen molar-refractivity contribution in [1.29, 1.82) is 5.26 Å². The Bertz CT molecular complexity index is 566. The predicted molar refractivity (Wildman–Crippen MR) is 67.8 cm³/mol. The quantitative estimate of drug-likeness (QED) is 0.796. The van der Waals surface area contributed by atoms with Crippen molar-refractivity contribution in [3.8, 4) is 6.07 Å². The zero-order valence-corrected chi connectivity index (χ0v) is 10.4. The van der Waals surface area contributed by atoms with E-state index < -0.39 is 0 Å². The molecule has 0 aliphatic carbocycles. The minimum absolute atomic E-state index is 0.351. The van der Waals surface area contributed by atoms with E-state index in [0.29, 0.717) is 16.5 Å². The Morgan fingerprint density at radius 2 is 2.00 bits per heavy atom. The summed E-state index contributed by atoms with van der Waals surface area (Å²) in [5, 5.41) is 10.2. The Balaban J connectivity index is 2.13. The van der Waals surface area contributed by atoms with Gasteiger partial charge in [0, 0.05) is 23.2 Å². The van der Waals surface area contributed by atoms with Gasteiger partial charge < -0.3 is 0 Å². The van der Waals surface area contributed by atoms with Gasteiger partial charge in [-0.25, -0.2) is 9.97 Å². The average Bonchev–Trinajstić information content (AvgIpc) is 2.38. The van der Waals surface area contributed by atoms with Gasteiger partial charge in [0.05, 0.1) is 0 Å². The van der Waals surface area contributed by atoms with Gasteiger partial charge in [-0.05, 0) is 11.6 Å². The highest BCUT2D eigenvalue weighted by Crippen LogP contribution is 2.26. The summed E-state index contributed by atoms with van der Waals surface area (Å²) < 4.78 is 0. The molecule has 5 heteroatoms. The molecule has 0 atom stereocenters. The number of nitrogens with zero attached hydrogens (tertiary/aromatic N) is 3. The van der Waals surface area contributed by atoms with Crippen molar-refractivity contribution in [3.63, 3.8) is 0 Å². The molecule has 0 amide bonds.